The molecule has 184 valence electrons. The number of amides is 1. The fourth-order valence-corrected chi connectivity index (χ4v) is 3.82. The van der Waals surface area contributed by atoms with E-state index in [1.807, 2.05) is 26.8 Å². The zero-order chi connectivity index (χ0) is 25.3. The molecule has 1 aliphatic heterocycles. The summed E-state index contributed by atoms with van der Waals surface area (Å²) in [4.78, 5) is 35.1. The van der Waals surface area contributed by atoms with E-state index >= 15 is 0 Å². The van der Waals surface area contributed by atoms with Crippen LogP contribution in [0, 0.1) is 17.5 Å². The fraction of sp³-hybridized carbons (Fsp3) is 0.360. The van der Waals surface area contributed by atoms with Gasteiger partial charge in [-0.15, -0.1) is 0 Å². The first-order valence-corrected chi connectivity index (χ1v) is 11.1. The van der Waals surface area contributed by atoms with Crippen molar-refractivity contribution in [2.75, 3.05) is 6.54 Å². The summed E-state index contributed by atoms with van der Waals surface area (Å²) in [5, 5.41) is 0. The van der Waals surface area contributed by atoms with Gasteiger partial charge in [0.25, 0.3) is 0 Å². The molecule has 3 heterocycles. The van der Waals surface area contributed by atoms with Gasteiger partial charge in [-0.1, -0.05) is 0 Å². The second kappa shape index (κ2) is 9.52. The van der Waals surface area contributed by atoms with Crippen LogP contribution in [0.15, 0.2) is 36.9 Å². The molecule has 1 aliphatic rings. The van der Waals surface area contributed by atoms with E-state index in [2.05, 4.69) is 9.97 Å². The molecule has 10 heteroatoms. The van der Waals surface area contributed by atoms with Crippen LogP contribution >= 0.6 is 0 Å². The van der Waals surface area contributed by atoms with Gasteiger partial charge in [-0.3, -0.25) is 9.78 Å². The second-order valence-corrected chi connectivity index (χ2v) is 9.50. The number of halogens is 3. The monoisotopic (exact) mass is 486 g/mol. The number of ketones is 1. The van der Waals surface area contributed by atoms with Crippen molar-refractivity contribution < 1.29 is 27.5 Å². The highest BCUT2D eigenvalue weighted by molar-refractivity contribution is 5.95. The Balaban J connectivity index is 1.39. The molecule has 0 aliphatic carbocycles. The van der Waals surface area contributed by atoms with Gasteiger partial charge in [-0.05, 0) is 62.1 Å². The predicted molar refractivity (Wildman–Crippen MR) is 120 cm³/mol. The number of rotatable bonds is 5. The van der Waals surface area contributed by atoms with Gasteiger partial charge in [0.05, 0.1) is 19.3 Å². The highest BCUT2D eigenvalue weighted by atomic mass is 19.2. The topological polar surface area (TPSA) is 77.3 Å². The van der Waals surface area contributed by atoms with Crippen LogP contribution in [0.3, 0.4) is 0 Å². The number of imidazole rings is 1. The summed E-state index contributed by atoms with van der Waals surface area (Å²) in [7, 11) is 0. The van der Waals surface area contributed by atoms with Gasteiger partial charge in [0.1, 0.15) is 11.3 Å². The molecule has 0 saturated heterocycles. The average molecular weight is 486 g/mol. The lowest BCUT2D eigenvalue weighted by molar-refractivity contribution is 0.0223. The molecule has 0 spiro atoms. The Morgan fingerprint density at radius 3 is 2.46 bits per heavy atom. The van der Waals surface area contributed by atoms with E-state index in [0.29, 0.717) is 25.2 Å². The Kier molecular flexibility index (Phi) is 6.64. The number of Topliss-reactive ketones (excluding diaryl/α,β-unsaturated/α-hetero) is 1. The third-order valence-corrected chi connectivity index (χ3v) is 5.47. The zero-order valence-electron chi connectivity index (χ0n) is 19.6. The van der Waals surface area contributed by atoms with E-state index in [0.717, 1.165) is 23.3 Å². The molecule has 0 radical (unpaired) electrons. The normalized spacial score (nSPS) is 13.5. The van der Waals surface area contributed by atoms with Crippen molar-refractivity contribution >= 4 is 11.9 Å². The molecular formula is C25H25F3N4O3. The number of hydrogen-bond acceptors (Lipinski definition) is 5. The molecule has 1 amide bonds. The van der Waals surface area contributed by atoms with E-state index in [1.54, 1.807) is 11.1 Å². The van der Waals surface area contributed by atoms with Crippen LogP contribution in [0.4, 0.5) is 18.0 Å². The Labute approximate surface area is 200 Å². The molecular weight excluding hydrogens is 461 g/mol. The summed E-state index contributed by atoms with van der Waals surface area (Å²) in [6.07, 6.45) is 4.79. The van der Waals surface area contributed by atoms with Crippen LogP contribution in [0.1, 0.15) is 53.6 Å². The van der Waals surface area contributed by atoms with E-state index in [4.69, 9.17) is 4.74 Å². The number of carbonyl (C=O) groups is 2. The summed E-state index contributed by atoms with van der Waals surface area (Å²) < 4.78 is 46.9. The third kappa shape index (κ3) is 5.87. The zero-order valence-corrected chi connectivity index (χ0v) is 19.6. The van der Waals surface area contributed by atoms with Gasteiger partial charge in [0.15, 0.2) is 23.2 Å². The molecule has 7 nitrogen and oxygen atoms in total. The van der Waals surface area contributed by atoms with Gasteiger partial charge >= 0.3 is 6.09 Å². The number of pyridine rings is 1. The third-order valence-electron chi connectivity index (χ3n) is 5.47. The Bertz CT molecular complexity index is 1260. The highest BCUT2D eigenvalue weighted by Gasteiger charge is 2.26. The van der Waals surface area contributed by atoms with Crippen LogP contribution in [-0.2, 0) is 30.7 Å². The number of nitrogens with zero attached hydrogens (tertiary/aromatic N) is 4. The van der Waals surface area contributed by atoms with Crippen molar-refractivity contribution in [3.8, 4) is 0 Å². The maximum absolute atomic E-state index is 13.4. The van der Waals surface area contributed by atoms with Crippen molar-refractivity contribution in [2.24, 2.45) is 0 Å². The SMILES string of the molecule is CC(C)(C)OC(=O)N1CCc2cc(CC(=O)c3cn(Cc4cc(F)c(F)c(F)c4)cn3)ncc2C1. The van der Waals surface area contributed by atoms with Crippen LogP contribution in [0.5, 0.6) is 0 Å². The van der Waals surface area contributed by atoms with Crippen LogP contribution in [0.2, 0.25) is 0 Å². The fourth-order valence-electron chi connectivity index (χ4n) is 3.82. The van der Waals surface area contributed by atoms with Gasteiger partial charge in [0.2, 0.25) is 0 Å². The number of ether oxygens (including phenoxy) is 1. The standard InChI is InChI=1S/C25H25F3N4O3/c1-25(2,3)35-24(34)32-5-4-16-8-18(29-10-17(16)12-32)9-22(33)21-13-31(14-30-21)11-15-6-19(26)23(28)20(27)7-15/h6-8,10,13-14H,4-5,9,11-12H2,1-3H3. The van der Waals surface area contributed by atoms with Crippen molar-refractivity contribution in [1.29, 1.82) is 0 Å². The molecule has 0 bridgehead atoms. The summed E-state index contributed by atoms with van der Waals surface area (Å²) in [5.74, 6) is -4.34. The van der Waals surface area contributed by atoms with E-state index < -0.39 is 23.1 Å². The molecule has 35 heavy (non-hydrogen) atoms. The molecule has 4 rings (SSSR count). The number of carbonyl (C=O) groups excluding carboxylic acids is 2. The maximum atomic E-state index is 13.4. The molecule has 3 aromatic rings. The summed E-state index contributed by atoms with van der Waals surface area (Å²) >= 11 is 0. The first-order valence-electron chi connectivity index (χ1n) is 11.1. The largest absolute Gasteiger partial charge is 0.444 e. The summed E-state index contributed by atoms with van der Waals surface area (Å²) in [6, 6.07) is 3.67. The lowest BCUT2D eigenvalue weighted by atomic mass is 10.00. The van der Waals surface area contributed by atoms with Gasteiger partial charge < -0.3 is 14.2 Å². The lowest BCUT2D eigenvalue weighted by Crippen LogP contribution is -2.40. The second-order valence-electron chi connectivity index (χ2n) is 9.50. The van der Waals surface area contributed by atoms with E-state index in [9.17, 15) is 22.8 Å². The summed E-state index contributed by atoms with van der Waals surface area (Å²) in [6.45, 7) is 6.38. The molecule has 2 aromatic heterocycles. The van der Waals surface area contributed by atoms with Crippen molar-refractivity contribution in [1.82, 2.24) is 19.4 Å². The lowest BCUT2D eigenvalue weighted by Gasteiger charge is -2.31. The smallest absolute Gasteiger partial charge is 0.410 e. The van der Waals surface area contributed by atoms with E-state index in [1.165, 1.54) is 17.1 Å². The molecule has 0 N–H and O–H groups in total. The Hall–Kier alpha value is -3.69. The number of fused-ring (bicyclic) bond motifs is 1. The molecule has 0 saturated carbocycles. The molecule has 0 fully saturated rings. The van der Waals surface area contributed by atoms with Crippen molar-refractivity contribution in [3.05, 3.63) is 82.4 Å². The predicted octanol–water partition coefficient (Wildman–Crippen LogP) is 4.46. The number of aromatic nitrogens is 3. The van der Waals surface area contributed by atoms with Crippen LogP contribution < -0.4 is 0 Å². The first-order chi connectivity index (χ1) is 16.5. The van der Waals surface area contributed by atoms with Crippen molar-refractivity contribution in [3.63, 3.8) is 0 Å². The quantitative estimate of drug-likeness (QED) is 0.393. The number of benzene rings is 1. The Morgan fingerprint density at radius 2 is 1.77 bits per heavy atom. The average Bonchev–Trinajstić information content (AvgIpc) is 3.24. The first kappa shape index (κ1) is 24.4. The number of hydrogen-bond donors (Lipinski definition) is 0. The van der Waals surface area contributed by atoms with Crippen LogP contribution in [0.25, 0.3) is 0 Å². The maximum Gasteiger partial charge on any atom is 0.410 e. The van der Waals surface area contributed by atoms with Gasteiger partial charge in [-0.2, -0.15) is 0 Å². The molecule has 0 atom stereocenters. The minimum Gasteiger partial charge on any atom is -0.444 e. The molecule has 0 unspecified atom stereocenters. The molecule has 1 aromatic carbocycles. The van der Waals surface area contributed by atoms with Crippen molar-refractivity contribution in [2.45, 2.75) is 52.3 Å². The van der Waals surface area contributed by atoms with Crippen LogP contribution in [-0.4, -0.2) is 43.5 Å². The van der Waals surface area contributed by atoms with Gasteiger partial charge in [-0.25, -0.2) is 22.9 Å². The summed E-state index contributed by atoms with van der Waals surface area (Å²) in [5.41, 5.74) is 2.32. The minimum atomic E-state index is -1.52. The van der Waals surface area contributed by atoms with E-state index in [-0.39, 0.29) is 36.1 Å². The highest BCUT2D eigenvalue weighted by Crippen LogP contribution is 2.22. The Morgan fingerprint density at radius 1 is 1.06 bits per heavy atom. The minimum absolute atomic E-state index is 0.0274. The van der Waals surface area contributed by atoms with Gasteiger partial charge in [0, 0.05) is 31.2 Å².